The van der Waals surface area contributed by atoms with Gasteiger partial charge in [0.05, 0.1) is 13.2 Å². The summed E-state index contributed by atoms with van der Waals surface area (Å²) in [6.45, 7) is 7.31. The van der Waals surface area contributed by atoms with Crippen LogP contribution in [0.4, 0.5) is 0 Å². The van der Waals surface area contributed by atoms with Gasteiger partial charge in [-0.1, -0.05) is 25.7 Å². The molecule has 0 radical (unpaired) electrons. The lowest BCUT2D eigenvalue weighted by Crippen LogP contribution is -2.25. The van der Waals surface area contributed by atoms with Gasteiger partial charge >= 0.3 is 0 Å². The second-order valence-electron chi connectivity index (χ2n) is 4.88. The fourth-order valence-electron chi connectivity index (χ4n) is 2.34. The molecule has 0 spiro atoms. The van der Waals surface area contributed by atoms with Crippen LogP contribution in [0.3, 0.4) is 0 Å². The van der Waals surface area contributed by atoms with Crippen molar-refractivity contribution in [2.45, 2.75) is 45.4 Å². The predicted molar refractivity (Wildman–Crippen MR) is 71.4 cm³/mol. The fourth-order valence-corrected chi connectivity index (χ4v) is 2.34. The van der Waals surface area contributed by atoms with Crippen molar-refractivity contribution in [3.8, 4) is 0 Å². The molecule has 0 amide bonds. The zero-order chi connectivity index (χ0) is 12.2. The lowest BCUT2D eigenvalue weighted by atomic mass is 10.0. The van der Waals surface area contributed by atoms with E-state index in [1.165, 1.54) is 38.5 Å². The molecule has 0 aromatic carbocycles. The number of hydrogen-bond donors (Lipinski definition) is 1. The van der Waals surface area contributed by atoms with Gasteiger partial charge in [0.15, 0.2) is 0 Å². The first-order valence-electron chi connectivity index (χ1n) is 7.29. The van der Waals surface area contributed by atoms with Crippen LogP contribution in [0.25, 0.3) is 0 Å². The van der Waals surface area contributed by atoms with E-state index in [0.29, 0.717) is 0 Å². The van der Waals surface area contributed by atoms with Crippen molar-refractivity contribution >= 4 is 0 Å². The largest absolute Gasteiger partial charge is 0.380 e. The maximum absolute atomic E-state index is 5.73. The molecule has 3 nitrogen and oxygen atoms in total. The second-order valence-corrected chi connectivity index (χ2v) is 4.88. The van der Waals surface area contributed by atoms with Gasteiger partial charge in [-0.05, 0) is 25.7 Å². The topological polar surface area (TPSA) is 30.5 Å². The molecule has 17 heavy (non-hydrogen) atoms. The summed E-state index contributed by atoms with van der Waals surface area (Å²) in [6.07, 6.45) is 8.40. The maximum Gasteiger partial charge on any atom is 0.0591 e. The minimum Gasteiger partial charge on any atom is -0.380 e. The highest BCUT2D eigenvalue weighted by Gasteiger charge is 2.11. The summed E-state index contributed by atoms with van der Waals surface area (Å²) >= 11 is 0. The van der Waals surface area contributed by atoms with E-state index >= 15 is 0 Å². The third-order valence-corrected chi connectivity index (χ3v) is 3.38. The van der Waals surface area contributed by atoms with Crippen molar-refractivity contribution in [1.82, 2.24) is 5.32 Å². The third kappa shape index (κ3) is 8.58. The molecule has 0 atom stereocenters. The first kappa shape index (κ1) is 14.9. The van der Waals surface area contributed by atoms with Crippen LogP contribution < -0.4 is 5.32 Å². The Morgan fingerprint density at radius 2 is 1.59 bits per heavy atom. The molecule has 1 saturated carbocycles. The Bertz CT molecular complexity index is 156. The van der Waals surface area contributed by atoms with E-state index in [-0.39, 0.29) is 0 Å². The Hall–Kier alpha value is -0.120. The quantitative estimate of drug-likeness (QED) is 0.499. The average molecular weight is 243 g/mol. The zero-order valence-corrected chi connectivity index (χ0v) is 11.4. The van der Waals surface area contributed by atoms with Crippen LogP contribution in [0.1, 0.15) is 45.4 Å². The molecule has 0 bridgehead atoms. The van der Waals surface area contributed by atoms with Crippen molar-refractivity contribution in [3.05, 3.63) is 0 Å². The van der Waals surface area contributed by atoms with Gasteiger partial charge in [-0.25, -0.2) is 0 Å². The van der Waals surface area contributed by atoms with Gasteiger partial charge in [-0.2, -0.15) is 0 Å². The summed E-state index contributed by atoms with van der Waals surface area (Å²) in [5.74, 6) is 0.820. The van der Waals surface area contributed by atoms with Gasteiger partial charge in [-0.3, -0.25) is 0 Å². The molecule has 0 unspecified atom stereocenters. The normalized spacial score (nSPS) is 18.2. The van der Waals surface area contributed by atoms with Crippen molar-refractivity contribution in [2.24, 2.45) is 5.92 Å². The molecule has 0 heterocycles. The van der Waals surface area contributed by atoms with Crippen molar-refractivity contribution in [3.63, 3.8) is 0 Å². The molecule has 0 saturated heterocycles. The van der Waals surface area contributed by atoms with Crippen molar-refractivity contribution in [1.29, 1.82) is 0 Å². The summed E-state index contributed by atoms with van der Waals surface area (Å²) in [5, 5.41) is 3.32. The van der Waals surface area contributed by atoms with Gasteiger partial charge in [0.2, 0.25) is 0 Å². The number of nitrogens with one attached hydrogen (secondary N) is 1. The standard InChI is InChI=1S/C14H29NO2/c1-2-16-11-9-15-10-12-17-13-14-7-5-3-4-6-8-14/h14-15H,2-13H2,1H3. The van der Waals surface area contributed by atoms with E-state index in [1.54, 1.807) is 0 Å². The first-order chi connectivity index (χ1) is 8.43. The SMILES string of the molecule is CCOCCNCCOCC1CCCCCC1. The molecule has 102 valence electrons. The van der Waals surface area contributed by atoms with Crippen molar-refractivity contribution < 1.29 is 9.47 Å². The summed E-state index contributed by atoms with van der Waals surface area (Å²) < 4.78 is 11.0. The number of rotatable bonds is 9. The van der Waals surface area contributed by atoms with Gasteiger partial charge in [-0.15, -0.1) is 0 Å². The highest BCUT2D eigenvalue weighted by Crippen LogP contribution is 2.22. The van der Waals surface area contributed by atoms with Gasteiger partial charge in [0.1, 0.15) is 0 Å². The monoisotopic (exact) mass is 243 g/mol. The molecule has 1 fully saturated rings. The van der Waals surface area contributed by atoms with Crippen LogP contribution in [-0.4, -0.2) is 39.5 Å². The van der Waals surface area contributed by atoms with E-state index in [9.17, 15) is 0 Å². The van der Waals surface area contributed by atoms with E-state index in [1.807, 2.05) is 6.92 Å². The van der Waals surface area contributed by atoms with Crippen LogP contribution in [0.5, 0.6) is 0 Å². The lowest BCUT2D eigenvalue weighted by molar-refractivity contribution is 0.0929. The van der Waals surface area contributed by atoms with Crippen LogP contribution in [0.2, 0.25) is 0 Å². The Morgan fingerprint density at radius 3 is 2.24 bits per heavy atom. The highest BCUT2D eigenvalue weighted by atomic mass is 16.5. The molecule has 1 rings (SSSR count). The minimum absolute atomic E-state index is 0.805. The predicted octanol–water partition coefficient (Wildman–Crippen LogP) is 2.60. The summed E-state index contributed by atoms with van der Waals surface area (Å²) in [4.78, 5) is 0. The zero-order valence-electron chi connectivity index (χ0n) is 11.4. The highest BCUT2D eigenvalue weighted by molar-refractivity contribution is 4.63. The Kier molecular flexibility index (Phi) is 9.66. The van der Waals surface area contributed by atoms with E-state index in [0.717, 1.165) is 45.4 Å². The summed E-state index contributed by atoms with van der Waals surface area (Å²) in [7, 11) is 0. The van der Waals surface area contributed by atoms with Crippen LogP contribution in [0, 0.1) is 5.92 Å². The molecule has 0 aromatic heterocycles. The summed E-state index contributed by atoms with van der Waals surface area (Å²) in [5.41, 5.74) is 0. The smallest absolute Gasteiger partial charge is 0.0591 e. The molecule has 1 N–H and O–H groups in total. The van der Waals surface area contributed by atoms with Crippen LogP contribution in [0.15, 0.2) is 0 Å². The molecule has 1 aliphatic rings. The van der Waals surface area contributed by atoms with Crippen LogP contribution >= 0.6 is 0 Å². The molecule has 3 heteroatoms. The van der Waals surface area contributed by atoms with Gasteiger partial charge < -0.3 is 14.8 Å². The van der Waals surface area contributed by atoms with E-state index in [2.05, 4.69) is 5.32 Å². The minimum atomic E-state index is 0.805. The Labute approximate surface area is 106 Å². The van der Waals surface area contributed by atoms with E-state index in [4.69, 9.17) is 9.47 Å². The number of ether oxygens (including phenoxy) is 2. The molecule has 0 aromatic rings. The second kappa shape index (κ2) is 11.0. The van der Waals surface area contributed by atoms with Crippen LogP contribution in [-0.2, 0) is 9.47 Å². The lowest BCUT2D eigenvalue weighted by Gasteiger charge is -2.14. The Balaban J connectivity index is 1.82. The first-order valence-corrected chi connectivity index (χ1v) is 7.29. The number of hydrogen-bond acceptors (Lipinski definition) is 3. The fraction of sp³-hybridized carbons (Fsp3) is 1.00. The van der Waals surface area contributed by atoms with E-state index < -0.39 is 0 Å². The maximum atomic E-state index is 5.73. The average Bonchev–Trinajstić information content (AvgIpc) is 2.61. The Morgan fingerprint density at radius 1 is 0.941 bits per heavy atom. The summed E-state index contributed by atoms with van der Waals surface area (Å²) in [6, 6.07) is 0. The van der Waals surface area contributed by atoms with Gasteiger partial charge in [0, 0.05) is 26.3 Å². The van der Waals surface area contributed by atoms with Crippen molar-refractivity contribution in [2.75, 3.05) is 39.5 Å². The molecule has 0 aliphatic heterocycles. The molecular formula is C14H29NO2. The van der Waals surface area contributed by atoms with Gasteiger partial charge in [0.25, 0.3) is 0 Å². The molecule has 1 aliphatic carbocycles. The third-order valence-electron chi connectivity index (χ3n) is 3.38. The molecular weight excluding hydrogens is 214 g/mol.